The molecule has 126 valence electrons. The summed E-state index contributed by atoms with van der Waals surface area (Å²) in [7, 11) is 0. The minimum atomic E-state index is -0.0516. The zero-order chi connectivity index (χ0) is 16.8. The monoisotopic (exact) mass is 343 g/mol. The number of alkyl halides is 1. The number of hydrogen-bond donors (Lipinski definition) is 2. The van der Waals surface area contributed by atoms with E-state index in [0.29, 0.717) is 6.04 Å². The molecule has 1 aliphatic carbocycles. The Bertz CT molecular complexity index is 789. The molecule has 0 amide bonds. The van der Waals surface area contributed by atoms with E-state index in [1.54, 1.807) is 6.07 Å². The summed E-state index contributed by atoms with van der Waals surface area (Å²) in [4.78, 5) is 2.49. The van der Waals surface area contributed by atoms with Crippen LogP contribution in [0.5, 0.6) is 11.5 Å². The van der Waals surface area contributed by atoms with E-state index in [1.165, 1.54) is 11.1 Å². The van der Waals surface area contributed by atoms with E-state index in [-0.39, 0.29) is 16.9 Å². The Balaban J connectivity index is 1.85. The van der Waals surface area contributed by atoms with Crippen LogP contribution in [0, 0.1) is 0 Å². The third kappa shape index (κ3) is 2.38. The Kier molecular flexibility index (Phi) is 3.93. The Morgan fingerprint density at radius 2 is 2.04 bits per heavy atom. The second-order valence-corrected chi connectivity index (χ2v) is 7.43. The third-order valence-electron chi connectivity index (χ3n) is 5.44. The minimum absolute atomic E-state index is 0.000233. The first-order valence-electron chi connectivity index (χ1n) is 8.64. The van der Waals surface area contributed by atoms with E-state index in [4.69, 9.17) is 11.6 Å². The van der Waals surface area contributed by atoms with Crippen molar-refractivity contribution in [2.45, 2.75) is 37.6 Å². The van der Waals surface area contributed by atoms with E-state index >= 15 is 0 Å². The predicted molar refractivity (Wildman–Crippen MR) is 96.9 cm³/mol. The Morgan fingerprint density at radius 3 is 2.83 bits per heavy atom. The highest BCUT2D eigenvalue weighted by Crippen LogP contribution is 2.50. The topological polar surface area (TPSA) is 43.7 Å². The Morgan fingerprint density at radius 1 is 1.21 bits per heavy atom. The molecular weight excluding hydrogens is 322 g/mol. The summed E-state index contributed by atoms with van der Waals surface area (Å²) in [6.45, 7) is 4.03. The van der Waals surface area contributed by atoms with Gasteiger partial charge < -0.3 is 10.2 Å². The summed E-state index contributed by atoms with van der Waals surface area (Å²) in [5.74, 6) is -0.0514. The second kappa shape index (κ2) is 5.98. The molecule has 0 radical (unpaired) electrons. The lowest BCUT2D eigenvalue weighted by Gasteiger charge is -2.42. The molecule has 4 heteroatoms. The van der Waals surface area contributed by atoms with Crippen molar-refractivity contribution in [1.29, 1.82) is 0 Å². The Hall–Kier alpha value is -1.71. The van der Waals surface area contributed by atoms with Gasteiger partial charge in [0, 0.05) is 30.1 Å². The first-order chi connectivity index (χ1) is 11.6. The van der Waals surface area contributed by atoms with Gasteiger partial charge in [0.1, 0.15) is 0 Å². The number of fused-ring (bicyclic) bond motifs is 2. The summed E-state index contributed by atoms with van der Waals surface area (Å²) in [6.07, 6.45) is 2.81. The molecule has 1 heterocycles. The molecular formula is C20H22ClNO2. The molecule has 0 fully saturated rings. The highest BCUT2D eigenvalue weighted by Gasteiger charge is 2.36. The number of hydrogen-bond acceptors (Lipinski definition) is 3. The standard InChI is InChI=1S/C20H22ClNO2/c1-2-14(21)11-22-9-8-12-4-3-5-15-18(12)16(22)10-13-6-7-17(23)20(24)19(13)15/h3-7,14,16,23-24H,2,8-11H2,1H3/t14?,16-/m1/s1. The van der Waals surface area contributed by atoms with Crippen LogP contribution in [-0.2, 0) is 12.8 Å². The van der Waals surface area contributed by atoms with Gasteiger partial charge in [-0.1, -0.05) is 31.2 Å². The second-order valence-electron chi connectivity index (χ2n) is 6.82. The van der Waals surface area contributed by atoms with Crippen molar-refractivity contribution >= 4 is 11.6 Å². The minimum Gasteiger partial charge on any atom is -0.504 e. The summed E-state index contributed by atoms with van der Waals surface area (Å²) in [5.41, 5.74) is 5.60. The predicted octanol–water partition coefficient (Wildman–Crippen LogP) is 4.24. The molecule has 2 aromatic carbocycles. The van der Waals surface area contributed by atoms with Gasteiger partial charge in [-0.05, 0) is 47.6 Å². The molecule has 3 nitrogen and oxygen atoms in total. The molecule has 0 bridgehead atoms. The number of aromatic hydroxyl groups is 2. The van der Waals surface area contributed by atoms with Gasteiger partial charge in [0.25, 0.3) is 0 Å². The smallest absolute Gasteiger partial charge is 0.165 e. The molecule has 2 aromatic rings. The van der Waals surface area contributed by atoms with Crippen molar-refractivity contribution in [1.82, 2.24) is 4.90 Å². The van der Waals surface area contributed by atoms with Crippen molar-refractivity contribution in [3.8, 4) is 22.6 Å². The molecule has 4 rings (SSSR count). The average Bonchev–Trinajstić information content (AvgIpc) is 2.60. The molecule has 1 unspecified atom stereocenters. The molecule has 1 aliphatic heterocycles. The number of halogens is 1. The molecule has 2 aliphatic rings. The van der Waals surface area contributed by atoms with Gasteiger partial charge in [-0.3, -0.25) is 4.90 Å². The summed E-state index contributed by atoms with van der Waals surface area (Å²) >= 11 is 6.44. The van der Waals surface area contributed by atoms with Crippen LogP contribution in [0.4, 0.5) is 0 Å². The summed E-state index contributed by atoms with van der Waals surface area (Å²) in [6, 6.07) is 10.1. The lowest BCUT2D eigenvalue weighted by atomic mass is 9.76. The largest absolute Gasteiger partial charge is 0.504 e. The fourth-order valence-corrected chi connectivity index (χ4v) is 4.36. The van der Waals surface area contributed by atoms with Crippen molar-refractivity contribution in [3.05, 3.63) is 47.0 Å². The van der Waals surface area contributed by atoms with Crippen molar-refractivity contribution < 1.29 is 10.2 Å². The molecule has 24 heavy (non-hydrogen) atoms. The van der Waals surface area contributed by atoms with Gasteiger partial charge in [-0.2, -0.15) is 0 Å². The van der Waals surface area contributed by atoms with Gasteiger partial charge in [-0.15, -0.1) is 11.6 Å². The molecule has 0 aromatic heterocycles. The number of phenolic OH excluding ortho intramolecular Hbond substituents is 2. The van der Waals surface area contributed by atoms with Gasteiger partial charge in [0.05, 0.1) is 0 Å². The summed E-state index contributed by atoms with van der Waals surface area (Å²) in [5, 5.41) is 20.5. The van der Waals surface area contributed by atoms with E-state index < -0.39 is 0 Å². The van der Waals surface area contributed by atoms with Gasteiger partial charge in [-0.25, -0.2) is 0 Å². The van der Waals surface area contributed by atoms with Gasteiger partial charge in [0.15, 0.2) is 11.5 Å². The van der Waals surface area contributed by atoms with Crippen molar-refractivity contribution in [2.24, 2.45) is 0 Å². The zero-order valence-electron chi connectivity index (χ0n) is 13.8. The fourth-order valence-electron chi connectivity index (χ4n) is 4.18. The maximum Gasteiger partial charge on any atom is 0.165 e. The van der Waals surface area contributed by atoms with E-state index in [1.807, 2.05) is 6.07 Å². The van der Waals surface area contributed by atoms with Crippen LogP contribution in [0.1, 0.15) is 36.1 Å². The van der Waals surface area contributed by atoms with E-state index in [0.717, 1.165) is 49.0 Å². The first kappa shape index (κ1) is 15.8. The van der Waals surface area contributed by atoms with Crippen LogP contribution in [0.3, 0.4) is 0 Å². The van der Waals surface area contributed by atoms with Crippen LogP contribution >= 0.6 is 11.6 Å². The third-order valence-corrected chi connectivity index (χ3v) is 5.89. The number of nitrogens with zero attached hydrogens (tertiary/aromatic N) is 1. The van der Waals surface area contributed by atoms with Gasteiger partial charge >= 0.3 is 0 Å². The molecule has 2 N–H and O–H groups in total. The number of benzene rings is 2. The maximum atomic E-state index is 10.4. The fraction of sp³-hybridized carbons (Fsp3) is 0.400. The van der Waals surface area contributed by atoms with Crippen LogP contribution < -0.4 is 0 Å². The number of phenols is 2. The van der Waals surface area contributed by atoms with Gasteiger partial charge in [0.2, 0.25) is 0 Å². The van der Waals surface area contributed by atoms with Crippen LogP contribution in [-0.4, -0.2) is 33.6 Å². The average molecular weight is 344 g/mol. The SMILES string of the molecule is CCC(Cl)CN1CCc2cccc3c2[C@H]1Cc1ccc(O)c(O)c1-3. The number of rotatable bonds is 3. The quantitative estimate of drug-likeness (QED) is 0.647. The van der Waals surface area contributed by atoms with Crippen LogP contribution in [0.15, 0.2) is 30.3 Å². The molecule has 0 saturated heterocycles. The highest BCUT2D eigenvalue weighted by molar-refractivity contribution is 6.20. The Labute approximate surface area is 147 Å². The zero-order valence-corrected chi connectivity index (χ0v) is 14.6. The van der Waals surface area contributed by atoms with E-state index in [2.05, 4.69) is 30.0 Å². The maximum absolute atomic E-state index is 10.4. The highest BCUT2D eigenvalue weighted by atomic mass is 35.5. The lowest BCUT2D eigenvalue weighted by Crippen LogP contribution is -2.41. The van der Waals surface area contributed by atoms with Crippen molar-refractivity contribution in [3.63, 3.8) is 0 Å². The normalized spacial score (nSPS) is 20.3. The van der Waals surface area contributed by atoms with Crippen LogP contribution in [0.25, 0.3) is 11.1 Å². The first-order valence-corrected chi connectivity index (χ1v) is 9.07. The molecule has 2 atom stereocenters. The molecule has 0 spiro atoms. The summed E-state index contributed by atoms with van der Waals surface area (Å²) < 4.78 is 0. The van der Waals surface area contributed by atoms with E-state index in [9.17, 15) is 10.2 Å². The van der Waals surface area contributed by atoms with Crippen LogP contribution in [0.2, 0.25) is 0 Å². The molecule has 0 saturated carbocycles. The lowest BCUT2D eigenvalue weighted by molar-refractivity contribution is 0.181. The van der Waals surface area contributed by atoms with Crippen molar-refractivity contribution in [2.75, 3.05) is 13.1 Å².